The fraction of sp³-hybridized carbons (Fsp3) is 0.0741. The van der Waals surface area contributed by atoms with E-state index in [0.29, 0.717) is 5.71 Å². The highest BCUT2D eigenvalue weighted by Gasteiger charge is 2.32. The number of benzene rings is 4. The van der Waals surface area contributed by atoms with Gasteiger partial charge < -0.3 is 15.0 Å². The van der Waals surface area contributed by atoms with Crippen molar-refractivity contribution in [2.24, 2.45) is 0 Å². The van der Waals surface area contributed by atoms with Crippen LogP contribution in [0, 0.1) is 0 Å². The molecule has 0 N–H and O–H groups in total. The zero-order valence-electron chi connectivity index (χ0n) is 17.3. The lowest BCUT2D eigenvalue weighted by atomic mass is 9.98. The molecule has 0 saturated carbocycles. The van der Waals surface area contributed by atoms with Crippen molar-refractivity contribution in [2.45, 2.75) is 0 Å². The van der Waals surface area contributed by atoms with Gasteiger partial charge in [-0.05, 0) is 69.8 Å². The lowest BCUT2D eigenvalue weighted by Gasteiger charge is -2.06. The summed E-state index contributed by atoms with van der Waals surface area (Å²) in [4.78, 5) is 3.67. The van der Waals surface area contributed by atoms with E-state index < -0.39 is 0 Å². The third-order valence-corrected chi connectivity index (χ3v) is 5.79. The summed E-state index contributed by atoms with van der Waals surface area (Å²) in [7, 11) is 3.32. The fourth-order valence-electron chi connectivity index (χ4n) is 4.13. The van der Waals surface area contributed by atoms with Crippen molar-refractivity contribution in [3.63, 3.8) is 0 Å². The number of hydrogen-bond donors (Lipinski definition) is 0. The molecular weight excluding hydrogens is 384 g/mol. The Morgan fingerprint density at radius 3 is 1.26 bits per heavy atom. The molecule has 0 bridgehead atoms. The molecule has 0 amide bonds. The molecule has 4 heteroatoms. The highest BCUT2D eigenvalue weighted by atomic mass is 16.5. The zero-order chi connectivity index (χ0) is 21.4. The van der Waals surface area contributed by atoms with Crippen LogP contribution in [-0.4, -0.2) is 24.7 Å². The Balaban J connectivity index is 1.56. The maximum absolute atomic E-state index is 9.87. The predicted molar refractivity (Wildman–Crippen MR) is 123 cm³/mol. The van der Waals surface area contributed by atoms with Crippen LogP contribution >= 0.6 is 0 Å². The molecule has 0 unspecified atom stereocenters. The Bertz CT molecular complexity index is 1230. The molecule has 150 valence electrons. The van der Waals surface area contributed by atoms with Crippen LogP contribution in [0.5, 0.6) is 11.5 Å². The summed E-state index contributed by atoms with van der Waals surface area (Å²) < 4.78 is 10.5. The molecule has 4 aromatic carbocycles. The van der Waals surface area contributed by atoms with Gasteiger partial charge in [0.2, 0.25) is 0 Å². The monoisotopic (exact) mass is 404 g/mol. The SMILES string of the molecule is COc1ccc(-c2ccc3c(c2)C(=[N+]=[N-])c2cc(-c4ccc(OC)cc4)ccc2-3)cc1. The first kappa shape index (κ1) is 18.9. The average Bonchev–Trinajstić information content (AvgIpc) is 3.16. The highest BCUT2D eigenvalue weighted by molar-refractivity contribution is 6.22. The third kappa shape index (κ3) is 3.20. The van der Waals surface area contributed by atoms with Crippen molar-refractivity contribution in [2.75, 3.05) is 14.2 Å². The first-order valence-corrected chi connectivity index (χ1v) is 10.0. The summed E-state index contributed by atoms with van der Waals surface area (Å²) in [6.07, 6.45) is 0. The lowest BCUT2D eigenvalue weighted by Crippen LogP contribution is -2.00. The van der Waals surface area contributed by atoms with E-state index >= 15 is 0 Å². The van der Waals surface area contributed by atoms with Crippen molar-refractivity contribution < 1.29 is 14.3 Å². The molecule has 0 aliphatic heterocycles. The summed E-state index contributed by atoms with van der Waals surface area (Å²) >= 11 is 0. The van der Waals surface area contributed by atoms with Crippen LogP contribution < -0.4 is 9.47 Å². The molecule has 0 saturated heterocycles. The van der Waals surface area contributed by atoms with Gasteiger partial charge in [-0.2, -0.15) is 4.79 Å². The molecule has 0 radical (unpaired) electrons. The maximum atomic E-state index is 9.87. The van der Waals surface area contributed by atoms with E-state index in [0.717, 1.165) is 56.0 Å². The van der Waals surface area contributed by atoms with Crippen LogP contribution in [0.1, 0.15) is 11.1 Å². The van der Waals surface area contributed by atoms with Crippen molar-refractivity contribution in [3.8, 4) is 44.9 Å². The number of rotatable bonds is 4. The Morgan fingerprint density at radius 2 is 0.903 bits per heavy atom. The molecular formula is C27H20N2O2. The molecule has 4 nitrogen and oxygen atoms in total. The third-order valence-electron chi connectivity index (χ3n) is 5.79. The molecule has 31 heavy (non-hydrogen) atoms. The largest absolute Gasteiger partial charge is 0.497 e. The second-order valence-electron chi connectivity index (χ2n) is 7.43. The number of methoxy groups -OCH3 is 2. The second-order valence-corrected chi connectivity index (χ2v) is 7.43. The minimum Gasteiger partial charge on any atom is -0.497 e. The van der Waals surface area contributed by atoms with Gasteiger partial charge in [-0.15, -0.1) is 0 Å². The lowest BCUT2D eigenvalue weighted by molar-refractivity contribution is -0.00242. The van der Waals surface area contributed by atoms with Gasteiger partial charge in [-0.1, -0.05) is 48.5 Å². The van der Waals surface area contributed by atoms with Gasteiger partial charge in [0, 0.05) is 0 Å². The Kier molecular flexibility index (Phi) is 4.62. The van der Waals surface area contributed by atoms with Crippen LogP contribution in [0.2, 0.25) is 0 Å². The molecule has 1 aliphatic rings. The normalized spacial score (nSPS) is 11.5. The van der Waals surface area contributed by atoms with Gasteiger partial charge in [-0.25, -0.2) is 0 Å². The molecule has 0 fully saturated rings. The van der Waals surface area contributed by atoms with Crippen molar-refractivity contribution in [3.05, 3.63) is 102 Å². The van der Waals surface area contributed by atoms with Gasteiger partial charge in [0.15, 0.2) is 0 Å². The average molecular weight is 404 g/mol. The van der Waals surface area contributed by atoms with Crippen LogP contribution in [0.3, 0.4) is 0 Å². The van der Waals surface area contributed by atoms with Crippen LogP contribution in [-0.2, 0) is 0 Å². The minimum atomic E-state index is 0.593. The first-order chi connectivity index (χ1) is 15.2. The molecule has 5 rings (SSSR count). The van der Waals surface area contributed by atoms with E-state index in [-0.39, 0.29) is 0 Å². The zero-order valence-corrected chi connectivity index (χ0v) is 17.3. The van der Waals surface area contributed by atoms with Crippen molar-refractivity contribution >= 4 is 5.71 Å². The van der Waals surface area contributed by atoms with Crippen LogP contribution in [0.25, 0.3) is 38.9 Å². The van der Waals surface area contributed by atoms with Crippen molar-refractivity contribution in [1.29, 1.82) is 0 Å². The number of nitrogens with zero attached hydrogens (tertiary/aromatic N) is 2. The van der Waals surface area contributed by atoms with Gasteiger partial charge in [0.1, 0.15) is 11.5 Å². The summed E-state index contributed by atoms with van der Waals surface area (Å²) in [6, 6.07) is 28.4. The topological polar surface area (TPSA) is 54.9 Å². The number of fused-ring (bicyclic) bond motifs is 3. The number of hydrogen-bond acceptors (Lipinski definition) is 2. The van der Waals surface area contributed by atoms with Crippen LogP contribution in [0.15, 0.2) is 84.9 Å². The van der Waals surface area contributed by atoms with E-state index in [1.54, 1.807) is 14.2 Å². The smallest absolute Gasteiger partial charge is 0.330 e. The van der Waals surface area contributed by atoms with E-state index in [1.807, 2.05) is 48.5 Å². The molecule has 0 atom stereocenters. The van der Waals surface area contributed by atoms with Gasteiger partial charge in [0.25, 0.3) is 0 Å². The van der Waals surface area contributed by atoms with Crippen LogP contribution in [0.4, 0.5) is 0 Å². The highest BCUT2D eigenvalue weighted by Crippen LogP contribution is 2.40. The summed E-state index contributed by atoms with van der Waals surface area (Å²) in [5, 5.41) is 0. The molecule has 4 aromatic rings. The summed E-state index contributed by atoms with van der Waals surface area (Å²) in [5.74, 6) is 1.64. The van der Waals surface area contributed by atoms with Gasteiger partial charge in [-0.3, -0.25) is 0 Å². The van der Waals surface area contributed by atoms with E-state index in [1.165, 1.54) is 0 Å². The summed E-state index contributed by atoms with van der Waals surface area (Å²) in [6.45, 7) is 0. The molecule has 0 spiro atoms. The van der Waals surface area contributed by atoms with E-state index in [2.05, 4.69) is 41.2 Å². The minimum absolute atomic E-state index is 0.593. The number of ether oxygens (including phenoxy) is 2. The predicted octanol–water partition coefficient (Wildman–Crippen LogP) is 6.09. The van der Waals surface area contributed by atoms with E-state index in [9.17, 15) is 5.53 Å². The van der Waals surface area contributed by atoms with Gasteiger partial charge >= 0.3 is 5.71 Å². The van der Waals surface area contributed by atoms with Gasteiger partial charge in [0.05, 0.1) is 25.3 Å². The molecule has 0 heterocycles. The van der Waals surface area contributed by atoms with E-state index in [4.69, 9.17) is 9.47 Å². The fourth-order valence-corrected chi connectivity index (χ4v) is 4.13. The second kappa shape index (κ2) is 7.60. The molecule has 1 aliphatic carbocycles. The maximum Gasteiger partial charge on any atom is 0.330 e. The van der Waals surface area contributed by atoms with Crippen molar-refractivity contribution in [1.82, 2.24) is 0 Å². The quantitative estimate of drug-likeness (QED) is 0.269. The standard InChI is InChI=1S/C27H20N2O2/c1-30-21-9-3-17(4-10-21)19-7-13-23-24-14-8-20(18-5-11-22(31-2)12-6-18)16-26(24)27(29-28)25(23)15-19/h3-16H,1-2H3. The Hall–Kier alpha value is -4.14. The summed E-state index contributed by atoms with van der Waals surface area (Å²) in [5.41, 5.74) is 18.7. The Morgan fingerprint density at radius 1 is 0.516 bits per heavy atom. The first-order valence-electron chi connectivity index (χ1n) is 10.0. The Labute approximate surface area is 181 Å². The molecule has 0 aromatic heterocycles.